The first kappa shape index (κ1) is 23.4. The number of nitriles is 1. The lowest BCUT2D eigenvalue weighted by molar-refractivity contribution is -0.155. The number of amides is 1. The Labute approximate surface area is 186 Å². The van der Waals surface area contributed by atoms with Crippen molar-refractivity contribution >= 4 is 11.6 Å². The predicted octanol–water partition coefficient (Wildman–Crippen LogP) is 3.45. The zero-order valence-corrected chi connectivity index (χ0v) is 17.6. The number of carbonyl (C=O) groups excluding carboxylic acids is 1. The van der Waals surface area contributed by atoms with Gasteiger partial charge in [0.15, 0.2) is 5.65 Å². The molecular weight excluding hydrogens is 447 g/mol. The summed E-state index contributed by atoms with van der Waals surface area (Å²) in [7, 11) is 0. The number of imidazole rings is 1. The molecule has 0 aromatic carbocycles. The second-order valence-electron chi connectivity index (χ2n) is 9.12. The molecule has 1 aliphatic heterocycles. The summed E-state index contributed by atoms with van der Waals surface area (Å²) in [5.41, 5.74) is 6.08. The number of nitrogens with one attached hydrogen (secondary N) is 1. The van der Waals surface area contributed by atoms with E-state index in [1.165, 1.54) is 10.7 Å². The number of hydrogen-bond donors (Lipinski definition) is 2. The molecule has 2 fully saturated rings. The van der Waals surface area contributed by atoms with Crippen LogP contribution in [0.2, 0.25) is 0 Å². The quantitative estimate of drug-likeness (QED) is 0.651. The van der Waals surface area contributed by atoms with Crippen molar-refractivity contribution in [1.82, 2.24) is 19.9 Å². The summed E-state index contributed by atoms with van der Waals surface area (Å²) in [5.74, 6) is -3.62. The van der Waals surface area contributed by atoms with Crippen LogP contribution in [-0.2, 0) is 11.2 Å². The van der Waals surface area contributed by atoms with Crippen LogP contribution in [-0.4, -0.2) is 38.6 Å². The van der Waals surface area contributed by atoms with Crippen molar-refractivity contribution in [3.8, 4) is 6.07 Å². The minimum Gasteiger partial charge on any atom is -0.344 e. The van der Waals surface area contributed by atoms with Crippen molar-refractivity contribution in [3.05, 3.63) is 29.7 Å². The number of carbonyl (C=O) groups is 1. The number of rotatable bonds is 5. The molecule has 12 heteroatoms. The highest BCUT2D eigenvalue weighted by atomic mass is 19.4. The summed E-state index contributed by atoms with van der Waals surface area (Å²) < 4.78 is 67.8. The van der Waals surface area contributed by atoms with E-state index in [4.69, 9.17) is 11.0 Å². The summed E-state index contributed by atoms with van der Waals surface area (Å²) in [4.78, 5) is 16.9. The first-order chi connectivity index (χ1) is 15.4. The van der Waals surface area contributed by atoms with Gasteiger partial charge in [0.1, 0.15) is 6.04 Å². The van der Waals surface area contributed by atoms with Gasteiger partial charge < -0.3 is 11.1 Å². The van der Waals surface area contributed by atoms with Crippen LogP contribution in [0.4, 0.5) is 22.0 Å². The monoisotopic (exact) mass is 470 g/mol. The molecule has 7 nitrogen and oxygen atoms in total. The molecular formula is C21H23F5N6O. The molecule has 3 N–H and O–H groups in total. The van der Waals surface area contributed by atoms with E-state index >= 15 is 0 Å². The van der Waals surface area contributed by atoms with Crippen molar-refractivity contribution in [3.63, 3.8) is 0 Å². The predicted molar refractivity (Wildman–Crippen MR) is 106 cm³/mol. The first-order valence-electron chi connectivity index (χ1n) is 10.6. The number of fused-ring (bicyclic) bond motifs is 1. The summed E-state index contributed by atoms with van der Waals surface area (Å²) >= 11 is 0. The summed E-state index contributed by atoms with van der Waals surface area (Å²) in [6, 6.07) is 0.864. The van der Waals surface area contributed by atoms with Crippen molar-refractivity contribution in [2.75, 3.05) is 0 Å². The van der Waals surface area contributed by atoms with Gasteiger partial charge in [-0.05, 0) is 43.2 Å². The van der Waals surface area contributed by atoms with Crippen LogP contribution in [0.1, 0.15) is 55.8 Å². The molecule has 178 valence electrons. The molecule has 4 rings (SSSR count). The zero-order valence-electron chi connectivity index (χ0n) is 17.6. The highest BCUT2D eigenvalue weighted by Crippen LogP contribution is 2.42. The molecule has 0 radical (unpaired) electrons. The zero-order chi connectivity index (χ0) is 24.0. The Balaban J connectivity index is 1.55. The van der Waals surface area contributed by atoms with Crippen molar-refractivity contribution < 1.29 is 26.7 Å². The van der Waals surface area contributed by atoms with Crippen LogP contribution in [0.5, 0.6) is 0 Å². The van der Waals surface area contributed by atoms with E-state index in [2.05, 4.69) is 10.1 Å². The number of nitrogens with zero attached hydrogens (tertiary/aromatic N) is 4. The van der Waals surface area contributed by atoms with E-state index in [0.29, 0.717) is 16.9 Å². The molecule has 1 unspecified atom stereocenters. The van der Waals surface area contributed by atoms with Crippen LogP contribution in [0.15, 0.2) is 18.5 Å². The normalized spacial score (nSPS) is 26.8. The lowest BCUT2D eigenvalue weighted by Gasteiger charge is -2.31. The highest BCUT2D eigenvalue weighted by molar-refractivity contribution is 5.86. The number of alkyl halides is 5. The van der Waals surface area contributed by atoms with Gasteiger partial charge in [-0.15, -0.1) is 0 Å². The van der Waals surface area contributed by atoms with Crippen molar-refractivity contribution in [2.45, 2.75) is 69.1 Å². The molecule has 3 heterocycles. The summed E-state index contributed by atoms with van der Waals surface area (Å²) in [5, 5.41) is 15.3. The van der Waals surface area contributed by atoms with E-state index in [1.807, 2.05) is 11.4 Å². The number of halogens is 5. The lowest BCUT2D eigenvalue weighted by Crippen LogP contribution is -2.39. The third-order valence-electron chi connectivity index (χ3n) is 6.74. The van der Waals surface area contributed by atoms with Crippen molar-refractivity contribution in [1.29, 1.82) is 5.26 Å². The van der Waals surface area contributed by atoms with E-state index in [-0.39, 0.29) is 44.4 Å². The average Bonchev–Trinajstić information content (AvgIpc) is 3.29. The standard InChI is InChI=1S/C21H23F5N6O/c22-20(23)3-1-13(2-4-20)17(28)14-11-32-16(30-14)7-12(10-29-32)8-19(5-6-27)9-15(21(24,25)26)31-18(19)33/h7,10-11,13,15,17H,1-5,8-9,28H2,(H,31,33)/t15-,17-,19?/m0/s1. The van der Waals surface area contributed by atoms with Gasteiger partial charge in [-0.25, -0.2) is 18.3 Å². The molecule has 1 saturated carbocycles. The van der Waals surface area contributed by atoms with Gasteiger partial charge in [-0.3, -0.25) is 4.79 Å². The van der Waals surface area contributed by atoms with Crippen LogP contribution < -0.4 is 11.1 Å². The second kappa shape index (κ2) is 8.20. The SMILES string of the molecule is N#CCC1(Cc2cnn3cc([C@@H](N)C4CCC(F)(F)CC4)nc3c2)C[C@@H](C(F)(F)F)NC1=O. The second-order valence-corrected chi connectivity index (χ2v) is 9.12. The number of hydrogen-bond acceptors (Lipinski definition) is 5. The third-order valence-corrected chi connectivity index (χ3v) is 6.74. The Morgan fingerprint density at radius 1 is 1.33 bits per heavy atom. The third kappa shape index (κ3) is 4.64. The largest absolute Gasteiger partial charge is 0.408 e. The van der Waals surface area contributed by atoms with Gasteiger partial charge in [0.05, 0.1) is 35.6 Å². The highest BCUT2D eigenvalue weighted by Gasteiger charge is 2.55. The Bertz CT molecular complexity index is 1080. The summed E-state index contributed by atoms with van der Waals surface area (Å²) in [6.45, 7) is 0. The molecule has 2 aliphatic rings. The molecule has 33 heavy (non-hydrogen) atoms. The molecule has 2 aromatic heterocycles. The smallest absolute Gasteiger partial charge is 0.344 e. The maximum absolute atomic E-state index is 13.4. The van der Waals surface area contributed by atoms with Gasteiger partial charge >= 0.3 is 6.18 Å². The Hall–Kier alpha value is -2.81. The van der Waals surface area contributed by atoms with Gasteiger partial charge in [0.25, 0.3) is 0 Å². The van der Waals surface area contributed by atoms with Crippen LogP contribution >= 0.6 is 0 Å². The first-order valence-corrected chi connectivity index (χ1v) is 10.6. The lowest BCUT2D eigenvalue weighted by atomic mass is 9.77. The van der Waals surface area contributed by atoms with Gasteiger partial charge in [0, 0.05) is 19.3 Å². The fourth-order valence-corrected chi connectivity index (χ4v) is 4.81. The topological polar surface area (TPSA) is 109 Å². The van der Waals surface area contributed by atoms with E-state index in [9.17, 15) is 26.7 Å². The number of aromatic nitrogens is 3. The number of nitrogens with two attached hydrogens (primary N) is 1. The van der Waals surface area contributed by atoms with E-state index in [0.717, 1.165) is 0 Å². The molecule has 1 saturated heterocycles. The van der Waals surface area contributed by atoms with Gasteiger partial charge in [0.2, 0.25) is 11.8 Å². The Morgan fingerprint density at radius 2 is 2.03 bits per heavy atom. The molecule has 1 aliphatic carbocycles. The van der Waals surface area contributed by atoms with Crippen molar-refractivity contribution in [2.24, 2.45) is 17.1 Å². The van der Waals surface area contributed by atoms with Gasteiger partial charge in [-0.1, -0.05) is 0 Å². The Morgan fingerprint density at radius 3 is 2.64 bits per heavy atom. The molecule has 0 spiro atoms. The molecule has 1 amide bonds. The average molecular weight is 470 g/mol. The minimum atomic E-state index is -4.60. The maximum atomic E-state index is 13.4. The fourth-order valence-electron chi connectivity index (χ4n) is 4.81. The van der Waals surface area contributed by atoms with Crippen LogP contribution in [0, 0.1) is 22.7 Å². The minimum absolute atomic E-state index is 0.103. The van der Waals surface area contributed by atoms with Crippen LogP contribution in [0.3, 0.4) is 0 Å². The van der Waals surface area contributed by atoms with E-state index < -0.39 is 41.9 Å². The molecule has 3 atom stereocenters. The molecule has 2 aromatic rings. The fraction of sp³-hybridized carbons (Fsp3) is 0.619. The Kier molecular flexibility index (Phi) is 5.80. The summed E-state index contributed by atoms with van der Waals surface area (Å²) in [6.07, 6.45) is -2.47. The van der Waals surface area contributed by atoms with E-state index in [1.54, 1.807) is 12.3 Å². The van der Waals surface area contributed by atoms with Gasteiger partial charge in [-0.2, -0.15) is 23.5 Å². The maximum Gasteiger partial charge on any atom is 0.408 e. The van der Waals surface area contributed by atoms with Crippen LogP contribution in [0.25, 0.3) is 5.65 Å². The molecule has 0 bridgehead atoms.